The molecular weight excluding hydrogens is 259 g/mol. The molecule has 0 aliphatic carbocycles. The van der Waals surface area contributed by atoms with E-state index in [1.807, 2.05) is 0 Å². The molecule has 5 heteroatoms. The van der Waals surface area contributed by atoms with Crippen molar-refractivity contribution in [1.29, 1.82) is 0 Å². The van der Waals surface area contributed by atoms with Gasteiger partial charge in [0, 0.05) is 11.8 Å². The van der Waals surface area contributed by atoms with E-state index in [9.17, 15) is 9.18 Å². The predicted molar refractivity (Wildman–Crippen MR) is 76.5 cm³/mol. The highest BCUT2D eigenvalue weighted by Gasteiger charge is 2.39. The first-order valence-corrected chi connectivity index (χ1v) is 7.01. The summed E-state index contributed by atoms with van der Waals surface area (Å²) in [6.07, 6.45) is 3.53. The molecule has 2 N–H and O–H groups in total. The molecule has 2 rings (SSSR count). The molecule has 0 radical (unpaired) electrons. The van der Waals surface area contributed by atoms with E-state index < -0.39 is 11.4 Å². The molecule has 1 aromatic rings. The van der Waals surface area contributed by atoms with E-state index in [1.165, 1.54) is 19.2 Å². The molecule has 1 unspecified atom stereocenters. The number of ether oxygens (including phenoxy) is 1. The van der Waals surface area contributed by atoms with Gasteiger partial charge in [0.05, 0.1) is 12.6 Å². The third-order valence-corrected chi connectivity index (χ3v) is 3.76. The van der Waals surface area contributed by atoms with Crippen molar-refractivity contribution in [3.8, 4) is 5.75 Å². The molecule has 1 fully saturated rings. The summed E-state index contributed by atoms with van der Waals surface area (Å²) in [4.78, 5) is 12.5. The van der Waals surface area contributed by atoms with Gasteiger partial charge in [0.2, 0.25) is 5.91 Å². The van der Waals surface area contributed by atoms with Crippen LogP contribution in [0.3, 0.4) is 0 Å². The molecule has 0 saturated carbocycles. The molecule has 1 amide bonds. The van der Waals surface area contributed by atoms with Crippen LogP contribution in [-0.2, 0) is 4.79 Å². The van der Waals surface area contributed by atoms with Crippen LogP contribution in [0.25, 0.3) is 0 Å². The maximum absolute atomic E-state index is 13.6. The standard InChI is InChI=1S/C15H21FN2O2/c1-3-7-15(8-4-9-17-15)14(19)18-11-5-6-13(20-2)12(16)10-11/h5-6,10,17H,3-4,7-9H2,1-2H3,(H,18,19). The minimum Gasteiger partial charge on any atom is -0.494 e. The number of carbonyl (C=O) groups excluding carboxylic acids is 1. The lowest BCUT2D eigenvalue weighted by Crippen LogP contribution is -2.50. The summed E-state index contributed by atoms with van der Waals surface area (Å²) in [5.74, 6) is -0.388. The summed E-state index contributed by atoms with van der Waals surface area (Å²) in [6, 6.07) is 4.44. The van der Waals surface area contributed by atoms with Gasteiger partial charge in [0.25, 0.3) is 0 Å². The Morgan fingerprint density at radius 3 is 2.90 bits per heavy atom. The van der Waals surface area contributed by atoms with Gasteiger partial charge in [-0.1, -0.05) is 13.3 Å². The number of halogens is 1. The molecule has 1 aliphatic heterocycles. The summed E-state index contributed by atoms with van der Waals surface area (Å²) < 4.78 is 18.5. The minimum atomic E-state index is -0.509. The van der Waals surface area contributed by atoms with E-state index in [0.717, 1.165) is 32.2 Å². The van der Waals surface area contributed by atoms with Crippen molar-refractivity contribution in [3.05, 3.63) is 24.0 Å². The van der Waals surface area contributed by atoms with Gasteiger partial charge in [-0.05, 0) is 37.9 Å². The van der Waals surface area contributed by atoms with Crippen LogP contribution in [0.1, 0.15) is 32.6 Å². The second-order valence-corrected chi connectivity index (χ2v) is 5.17. The minimum absolute atomic E-state index is 0.0820. The molecule has 1 saturated heterocycles. The quantitative estimate of drug-likeness (QED) is 0.872. The summed E-state index contributed by atoms with van der Waals surface area (Å²) >= 11 is 0. The van der Waals surface area contributed by atoms with Crippen molar-refractivity contribution < 1.29 is 13.9 Å². The van der Waals surface area contributed by atoms with Crippen LogP contribution in [0, 0.1) is 5.82 Å². The fraction of sp³-hybridized carbons (Fsp3) is 0.533. The Labute approximate surface area is 118 Å². The Morgan fingerprint density at radius 1 is 1.55 bits per heavy atom. The van der Waals surface area contributed by atoms with Gasteiger partial charge in [-0.15, -0.1) is 0 Å². The zero-order valence-electron chi connectivity index (χ0n) is 12.0. The highest BCUT2D eigenvalue weighted by molar-refractivity contribution is 5.98. The Morgan fingerprint density at radius 2 is 2.35 bits per heavy atom. The number of anilines is 1. The van der Waals surface area contributed by atoms with Gasteiger partial charge < -0.3 is 15.4 Å². The molecule has 110 valence electrons. The molecular formula is C15H21FN2O2. The second-order valence-electron chi connectivity index (χ2n) is 5.17. The van der Waals surface area contributed by atoms with E-state index in [0.29, 0.717) is 5.69 Å². The van der Waals surface area contributed by atoms with Gasteiger partial charge in [-0.2, -0.15) is 0 Å². The van der Waals surface area contributed by atoms with Gasteiger partial charge >= 0.3 is 0 Å². The maximum Gasteiger partial charge on any atom is 0.244 e. The topological polar surface area (TPSA) is 50.4 Å². The van der Waals surface area contributed by atoms with Crippen molar-refractivity contribution in [2.75, 3.05) is 19.0 Å². The smallest absolute Gasteiger partial charge is 0.244 e. The van der Waals surface area contributed by atoms with E-state index in [2.05, 4.69) is 17.6 Å². The van der Waals surface area contributed by atoms with Gasteiger partial charge in [-0.3, -0.25) is 4.79 Å². The summed E-state index contributed by atoms with van der Waals surface area (Å²) in [5.41, 5.74) is -0.0528. The molecule has 0 aromatic heterocycles. The lowest BCUT2D eigenvalue weighted by atomic mass is 9.91. The first-order chi connectivity index (χ1) is 9.61. The van der Waals surface area contributed by atoms with E-state index >= 15 is 0 Å². The van der Waals surface area contributed by atoms with Crippen LogP contribution in [0.15, 0.2) is 18.2 Å². The van der Waals surface area contributed by atoms with Gasteiger partial charge in [-0.25, -0.2) is 4.39 Å². The number of hydrogen-bond donors (Lipinski definition) is 2. The van der Waals surface area contributed by atoms with Crippen LogP contribution >= 0.6 is 0 Å². The van der Waals surface area contributed by atoms with Crippen LogP contribution in [0.2, 0.25) is 0 Å². The highest BCUT2D eigenvalue weighted by Crippen LogP contribution is 2.27. The molecule has 20 heavy (non-hydrogen) atoms. The number of rotatable bonds is 5. The number of benzene rings is 1. The summed E-state index contributed by atoms with van der Waals surface area (Å²) in [6.45, 7) is 2.91. The van der Waals surface area contributed by atoms with Gasteiger partial charge in [0.15, 0.2) is 11.6 Å². The largest absolute Gasteiger partial charge is 0.494 e. The number of amides is 1. The SMILES string of the molecule is CCCC1(C(=O)Nc2ccc(OC)c(F)c2)CCCN1. The predicted octanol–water partition coefficient (Wildman–Crippen LogP) is 2.70. The molecule has 4 nitrogen and oxygen atoms in total. The fourth-order valence-corrected chi connectivity index (χ4v) is 2.75. The maximum atomic E-state index is 13.6. The zero-order chi connectivity index (χ0) is 14.6. The van der Waals surface area contributed by atoms with Crippen LogP contribution in [-0.4, -0.2) is 25.1 Å². The van der Waals surface area contributed by atoms with Crippen molar-refractivity contribution in [1.82, 2.24) is 5.32 Å². The fourth-order valence-electron chi connectivity index (χ4n) is 2.75. The highest BCUT2D eigenvalue weighted by atomic mass is 19.1. The summed E-state index contributed by atoms with van der Waals surface area (Å²) in [5, 5.41) is 6.10. The van der Waals surface area contributed by atoms with E-state index in [-0.39, 0.29) is 11.7 Å². The third-order valence-electron chi connectivity index (χ3n) is 3.76. The molecule has 1 heterocycles. The Balaban J connectivity index is 2.12. The molecule has 0 bridgehead atoms. The van der Waals surface area contributed by atoms with Crippen LogP contribution in [0.4, 0.5) is 10.1 Å². The second kappa shape index (κ2) is 6.22. The molecule has 1 aromatic carbocycles. The average Bonchev–Trinajstić information content (AvgIpc) is 2.89. The van der Waals surface area contributed by atoms with E-state index in [1.54, 1.807) is 6.07 Å². The Bertz CT molecular complexity index is 485. The van der Waals surface area contributed by atoms with Crippen LogP contribution in [0.5, 0.6) is 5.75 Å². The number of methoxy groups -OCH3 is 1. The first kappa shape index (κ1) is 14.8. The van der Waals surface area contributed by atoms with Gasteiger partial charge in [0.1, 0.15) is 0 Å². The zero-order valence-corrected chi connectivity index (χ0v) is 12.0. The number of nitrogens with one attached hydrogen (secondary N) is 2. The Hall–Kier alpha value is -1.62. The average molecular weight is 280 g/mol. The molecule has 0 spiro atoms. The lowest BCUT2D eigenvalue weighted by Gasteiger charge is -2.27. The summed E-state index contributed by atoms with van der Waals surface area (Å²) in [7, 11) is 1.41. The van der Waals surface area contributed by atoms with Crippen molar-refractivity contribution >= 4 is 11.6 Å². The monoisotopic (exact) mass is 280 g/mol. The van der Waals surface area contributed by atoms with E-state index in [4.69, 9.17) is 4.74 Å². The normalized spacial score (nSPS) is 21.8. The number of carbonyl (C=O) groups is 1. The molecule has 1 aliphatic rings. The molecule has 1 atom stereocenters. The first-order valence-electron chi connectivity index (χ1n) is 7.01. The van der Waals surface area contributed by atoms with Crippen LogP contribution < -0.4 is 15.4 Å². The van der Waals surface area contributed by atoms with Crippen molar-refractivity contribution in [3.63, 3.8) is 0 Å². The van der Waals surface area contributed by atoms with Crippen molar-refractivity contribution in [2.45, 2.75) is 38.1 Å². The van der Waals surface area contributed by atoms with Crippen molar-refractivity contribution in [2.24, 2.45) is 0 Å². The third kappa shape index (κ3) is 2.93. The Kier molecular flexibility index (Phi) is 4.60. The lowest BCUT2D eigenvalue weighted by molar-refractivity contribution is -0.122. The number of hydrogen-bond acceptors (Lipinski definition) is 3.